The molecule has 0 saturated carbocycles. The fourth-order valence-electron chi connectivity index (χ4n) is 2.70. The molecule has 0 aromatic heterocycles. The molecule has 4 heteroatoms. The third kappa shape index (κ3) is 3.95. The first-order chi connectivity index (χ1) is 8.41. The molecule has 2 unspecified atom stereocenters. The molecule has 1 aliphatic heterocycles. The molecule has 0 radical (unpaired) electrons. The third-order valence-electron chi connectivity index (χ3n) is 4.23. The summed E-state index contributed by atoms with van der Waals surface area (Å²) in [6.07, 6.45) is 3.38. The smallest absolute Gasteiger partial charge is 0.222 e. The van der Waals surface area contributed by atoms with E-state index in [2.05, 4.69) is 20.8 Å². The van der Waals surface area contributed by atoms with E-state index in [-0.39, 0.29) is 24.0 Å². The summed E-state index contributed by atoms with van der Waals surface area (Å²) >= 11 is 0. The van der Waals surface area contributed by atoms with E-state index in [9.17, 15) is 9.90 Å². The Labute approximate surface area is 111 Å². The van der Waals surface area contributed by atoms with Crippen molar-refractivity contribution in [2.45, 2.75) is 52.5 Å². The van der Waals surface area contributed by atoms with Crippen molar-refractivity contribution in [3.8, 4) is 0 Å². The SMILES string of the molecule is CC1CCN(C(=O)CCC(C)(C)CCN)C1CO. The van der Waals surface area contributed by atoms with Gasteiger partial charge in [0.25, 0.3) is 0 Å². The summed E-state index contributed by atoms with van der Waals surface area (Å²) in [4.78, 5) is 14.1. The normalized spacial score (nSPS) is 24.6. The first-order valence-electron chi connectivity index (χ1n) is 7.01. The molecule has 3 N–H and O–H groups in total. The molecule has 1 amide bonds. The van der Waals surface area contributed by atoms with E-state index in [1.807, 2.05) is 4.90 Å². The maximum Gasteiger partial charge on any atom is 0.222 e. The van der Waals surface area contributed by atoms with E-state index in [0.717, 1.165) is 25.8 Å². The molecule has 1 saturated heterocycles. The number of carbonyl (C=O) groups is 1. The molecule has 0 aliphatic carbocycles. The largest absolute Gasteiger partial charge is 0.394 e. The molecule has 0 spiro atoms. The van der Waals surface area contributed by atoms with E-state index < -0.39 is 0 Å². The summed E-state index contributed by atoms with van der Waals surface area (Å²) < 4.78 is 0. The summed E-state index contributed by atoms with van der Waals surface area (Å²) in [6.45, 7) is 7.96. The van der Waals surface area contributed by atoms with Crippen molar-refractivity contribution in [3.63, 3.8) is 0 Å². The van der Waals surface area contributed by atoms with Crippen molar-refractivity contribution in [3.05, 3.63) is 0 Å². The van der Waals surface area contributed by atoms with Crippen molar-refractivity contribution in [1.29, 1.82) is 0 Å². The molecule has 0 aromatic carbocycles. The van der Waals surface area contributed by atoms with Crippen LogP contribution in [-0.2, 0) is 4.79 Å². The number of aliphatic hydroxyl groups is 1. The van der Waals surface area contributed by atoms with Crippen LogP contribution in [0.15, 0.2) is 0 Å². The van der Waals surface area contributed by atoms with Gasteiger partial charge in [0, 0.05) is 13.0 Å². The van der Waals surface area contributed by atoms with Crippen molar-refractivity contribution >= 4 is 5.91 Å². The number of nitrogens with zero attached hydrogens (tertiary/aromatic N) is 1. The number of nitrogens with two attached hydrogens (primary N) is 1. The van der Waals surface area contributed by atoms with Crippen LogP contribution < -0.4 is 5.73 Å². The number of carbonyl (C=O) groups excluding carboxylic acids is 1. The Kier molecular flexibility index (Phi) is 5.60. The first-order valence-corrected chi connectivity index (χ1v) is 7.01. The lowest BCUT2D eigenvalue weighted by Crippen LogP contribution is -2.40. The van der Waals surface area contributed by atoms with Crippen molar-refractivity contribution in [2.24, 2.45) is 17.1 Å². The zero-order valence-electron chi connectivity index (χ0n) is 12.0. The Morgan fingerprint density at radius 1 is 1.44 bits per heavy atom. The average molecular weight is 256 g/mol. The van der Waals surface area contributed by atoms with Gasteiger partial charge in [-0.3, -0.25) is 4.79 Å². The lowest BCUT2D eigenvalue weighted by molar-refractivity contribution is -0.133. The van der Waals surface area contributed by atoms with Gasteiger partial charge in [-0.2, -0.15) is 0 Å². The Hall–Kier alpha value is -0.610. The Balaban J connectivity index is 2.46. The first kappa shape index (κ1) is 15.4. The Morgan fingerprint density at radius 3 is 2.67 bits per heavy atom. The van der Waals surface area contributed by atoms with Crippen LogP contribution in [0.2, 0.25) is 0 Å². The van der Waals surface area contributed by atoms with Gasteiger partial charge in [-0.15, -0.1) is 0 Å². The standard InChI is InChI=1S/C14H28N2O2/c1-11-5-9-16(12(11)10-17)13(18)4-6-14(2,3)7-8-15/h11-12,17H,4-10,15H2,1-3H3. The topological polar surface area (TPSA) is 66.6 Å². The van der Waals surface area contributed by atoms with E-state index >= 15 is 0 Å². The van der Waals surface area contributed by atoms with Gasteiger partial charge >= 0.3 is 0 Å². The molecular weight excluding hydrogens is 228 g/mol. The van der Waals surface area contributed by atoms with Crippen molar-refractivity contribution in [1.82, 2.24) is 4.90 Å². The van der Waals surface area contributed by atoms with E-state index in [1.54, 1.807) is 0 Å². The van der Waals surface area contributed by atoms with Gasteiger partial charge in [0.15, 0.2) is 0 Å². The molecule has 1 fully saturated rings. The third-order valence-corrected chi connectivity index (χ3v) is 4.23. The molecule has 0 aromatic rings. The summed E-state index contributed by atoms with van der Waals surface area (Å²) in [5.41, 5.74) is 5.71. The van der Waals surface area contributed by atoms with Crippen LogP contribution >= 0.6 is 0 Å². The van der Waals surface area contributed by atoms with Crippen LogP contribution in [-0.4, -0.2) is 41.7 Å². The number of likely N-dealkylation sites (tertiary alicyclic amines) is 1. The second-order valence-corrected chi connectivity index (χ2v) is 6.31. The van der Waals surface area contributed by atoms with E-state index in [1.165, 1.54) is 0 Å². The summed E-state index contributed by atoms with van der Waals surface area (Å²) in [6, 6.07) is 0.0233. The maximum absolute atomic E-state index is 12.2. The molecule has 1 aliphatic rings. The summed E-state index contributed by atoms with van der Waals surface area (Å²) in [5, 5.41) is 9.36. The average Bonchev–Trinajstić information content (AvgIpc) is 2.67. The monoisotopic (exact) mass is 256 g/mol. The fraction of sp³-hybridized carbons (Fsp3) is 0.929. The van der Waals surface area contributed by atoms with Gasteiger partial charge in [-0.25, -0.2) is 0 Å². The predicted octanol–water partition coefficient (Wildman–Crippen LogP) is 1.37. The zero-order chi connectivity index (χ0) is 13.8. The van der Waals surface area contributed by atoms with Crippen LogP contribution in [0.5, 0.6) is 0 Å². The highest BCUT2D eigenvalue weighted by molar-refractivity contribution is 5.77. The quantitative estimate of drug-likeness (QED) is 0.754. The highest BCUT2D eigenvalue weighted by Gasteiger charge is 2.34. The second-order valence-electron chi connectivity index (χ2n) is 6.31. The lowest BCUT2D eigenvalue weighted by Gasteiger charge is -2.28. The van der Waals surface area contributed by atoms with Gasteiger partial charge in [0.2, 0.25) is 5.91 Å². The highest BCUT2D eigenvalue weighted by Crippen LogP contribution is 2.29. The number of rotatable bonds is 6. The minimum atomic E-state index is 0.0233. The van der Waals surface area contributed by atoms with Crippen LogP contribution in [0, 0.1) is 11.3 Å². The van der Waals surface area contributed by atoms with Gasteiger partial charge < -0.3 is 15.7 Å². The number of amides is 1. The Morgan fingerprint density at radius 2 is 2.11 bits per heavy atom. The number of aliphatic hydroxyl groups excluding tert-OH is 1. The molecule has 18 heavy (non-hydrogen) atoms. The minimum absolute atomic E-state index is 0.0233. The zero-order valence-corrected chi connectivity index (χ0v) is 12.0. The van der Waals surface area contributed by atoms with Crippen molar-refractivity contribution in [2.75, 3.05) is 19.7 Å². The fourth-order valence-corrected chi connectivity index (χ4v) is 2.70. The number of hydrogen-bond acceptors (Lipinski definition) is 3. The second kappa shape index (κ2) is 6.53. The van der Waals surface area contributed by atoms with Gasteiger partial charge in [-0.1, -0.05) is 20.8 Å². The van der Waals surface area contributed by atoms with E-state index in [0.29, 0.717) is 18.9 Å². The molecule has 1 heterocycles. The van der Waals surface area contributed by atoms with Crippen LogP contribution in [0.4, 0.5) is 0 Å². The Bertz CT molecular complexity index is 279. The lowest BCUT2D eigenvalue weighted by atomic mass is 9.84. The molecule has 2 atom stereocenters. The summed E-state index contributed by atoms with van der Waals surface area (Å²) in [7, 11) is 0. The molecular formula is C14H28N2O2. The molecule has 4 nitrogen and oxygen atoms in total. The van der Waals surface area contributed by atoms with E-state index in [4.69, 9.17) is 5.73 Å². The maximum atomic E-state index is 12.2. The summed E-state index contributed by atoms with van der Waals surface area (Å²) in [5.74, 6) is 0.597. The van der Waals surface area contributed by atoms with Crippen LogP contribution in [0.1, 0.15) is 46.5 Å². The van der Waals surface area contributed by atoms with Gasteiger partial charge in [0.05, 0.1) is 12.6 Å². The van der Waals surface area contributed by atoms with Crippen molar-refractivity contribution < 1.29 is 9.90 Å². The molecule has 106 valence electrons. The van der Waals surface area contributed by atoms with Gasteiger partial charge in [0.1, 0.15) is 0 Å². The van der Waals surface area contributed by atoms with Gasteiger partial charge in [-0.05, 0) is 37.1 Å². The van der Waals surface area contributed by atoms with Crippen LogP contribution in [0.3, 0.4) is 0 Å². The van der Waals surface area contributed by atoms with Crippen LogP contribution in [0.25, 0.3) is 0 Å². The highest BCUT2D eigenvalue weighted by atomic mass is 16.3. The molecule has 1 rings (SSSR count). The number of hydrogen-bond donors (Lipinski definition) is 2. The molecule has 0 bridgehead atoms. The predicted molar refractivity (Wildman–Crippen MR) is 73.1 cm³/mol. The minimum Gasteiger partial charge on any atom is -0.394 e.